The van der Waals surface area contributed by atoms with Gasteiger partial charge in [0.2, 0.25) is 10.0 Å². The lowest BCUT2D eigenvalue weighted by Gasteiger charge is -2.08. The summed E-state index contributed by atoms with van der Waals surface area (Å²) in [5.41, 5.74) is 5.81. The average Bonchev–Trinajstić information content (AvgIpc) is 2.79. The van der Waals surface area contributed by atoms with Gasteiger partial charge in [-0.1, -0.05) is 18.5 Å². The number of rotatable bonds is 3. The van der Waals surface area contributed by atoms with Gasteiger partial charge in [-0.25, -0.2) is 13.1 Å². The average molecular weight is 261 g/mol. The van der Waals surface area contributed by atoms with Crippen molar-refractivity contribution in [1.29, 1.82) is 0 Å². The van der Waals surface area contributed by atoms with E-state index in [0.29, 0.717) is 10.9 Å². The number of sulfonamides is 1. The number of nitrogens with one attached hydrogen (secondary N) is 1. The smallest absolute Gasteiger partial charge is 0.242 e. The van der Waals surface area contributed by atoms with Gasteiger partial charge >= 0.3 is 0 Å². The summed E-state index contributed by atoms with van der Waals surface area (Å²) in [5.74, 6) is 0.406. The number of hydrogen-bond donors (Lipinski definition) is 2. The summed E-state index contributed by atoms with van der Waals surface area (Å²) in [5, 5.41) is 0.427. The number of nitrogens with two attached hydrogens (primary N) is 1. The third-order valence-corrected chi connectivity index (χ3v) is 4.48. The lowest BCUT2D eigenvalue weighted by atomic mass is 10.3. The van der Waals surface area contributed by atoms with Gasteiger partial charge in [-0.05, 0) is 30.5 Å². The van der Waals surface area contributed by atoms with Crippen LogP contribution in [0, 0.1) is 5.92 Å². The van der Waals surface area contributed by atoms with Crippen LogP contribution in [0.1, 0.15) is 13.3 Å². The van der Waals surface area contributed by atoms with Gasteiger partial charge in [-0.15, -0.1) is 0 Å². The molecule has 1 aliphatic rings. The van der Waals surface area contributed by atoms with Gasteiger partial charge in [0.25, 0.3) is 0 Å². The molecular weight excluding hydrogens is 248 g/mol. The van der Waals surface area contributed by atoms with Gasteiger partial charge in [0.1, 0.15) is 4.90 Å². The van der Waals surface area contributed by atoms with E-state index in [1.54, 1.807) is 0 Å². The molecule has 0 aromatic heterocycles. The monoisotopic (exact) mass is 260 g/mol. The lowest BCUT2D eigenvalue weighted by Crippen LogP contribution is -2.27. The minimum Gasteiger partial charge on any atom is -0.398 e. The molecule has 1 fully saturated rings. The van der Waals surface area contributed by atoms with Crippen molar-refractivity contribution in [1.82, 2.24) is 4.72 Å². The summed E-state index contributed by atoms with van der Waals surface area (Å²) >= 11 is 5.71. The zero-order chi connectivity index (χ0) is 11.9. The third-order valence-electron chi connectivity index (χ3n) is 2.68. The van der Waals surface area contributed by atoms with Crippen LogP contribution in [-0.4, -0.2) is 14.5 Å². The van der Waals surface area contributed by atoms with Crippen LogP contribution in [0.25, 0.3) is 0 Å². The predicted molar refractivity (Wildman–Crippen MR) is 63.8 cm³/mol. The van der Waals surface area contributed by atoms with Gasteiger partial charge in [0, 0.05) is 11.1 Å². The SMILES string of the molecule is CC1CC1NS(=O)(=O)c1ccc(Cl)cc1N. The molecule has 6 heteroatoms. The second-order valence-corrected chi connectivity index (χ2v) is 6.24. The van der Waals surface area contributed by atoms with Crippen LogP contribution in [0.15, 0.2) is 23.1 Å². The normalized spacial score (nSPS) is 24.4. The van der Waals surface area contributed by atoms with Crippen LogP contribution in [-0.2, 0) is 10.0 Å². The van der Waals surface area contributed by atoms with Crippen molar-refractivity contribution >= 4 is 27.3 Å². The minimum atomic E-state index is -3.51. The van der Waals surface area contributed by atoms with Gasteiger partial charge in [0.15, 0.2) is 0 Å². The maximum atomic E-state index is 11.9. The number of benzene rings is 1. The first kappa shape index (κ1) is 11.7. The summed E-state index contributed by atoms with van der Waals surface area (Å²) < 4.78 is 26.5. The quantitative estimate of drug-likeness (QED) is 0.811. The summed E-state index contributed by atoms with van der Waals surface area (Å²) in [6, 6.07) is 4.42. The maximum Gasteiger partial charge on any atom is 0.242 e. The van der Waals surface area contributed by atoms with Crippen LogP contribution in [0.4, 0.5) is 5.69 Å². The maximum absolute atomic E-state index is 11.9. The van der Waals surface area contributed by atoms with E-state index in [2.05, 4.69) is 4.72 Å². The molecule has 0 saturated heterocycles. The van der Waals surface area contributed by atoms with Crippen molar-refractivity contribution in [2.45, 2.75) is 24.3 Å². The molecule has 3 N–H and O–H groups in total. The van der Waals surface area contributed by atoms with Crippen molar-refractivity contribution < 1.29 is 8.42 Å². The number of hydrogen-bond acceptors (Lipinski definition) is 3. The molecule has 0 radical (unpaired) electrons. The second-order valence-electron chi connectivity index (χ2n) is 4.12. The van der Waals surface area contributed by atoms with Crippen molar-refractivity contribution in [2.75, 3.05) is 5.73 Å². The van der Waals surface area contributed by atoms with E-state index >= 15 is 0 Å². The lowest BCUT2D eigenvalue weighted by molar-refractivity contribution is 0.579. The molecule has 0 amide bonds. The molecule has 16 heavy (non-hydrogen) atoms. The first-order valence-electron chi connectivity index (χ1n) is 4.97. The minimum absolute atomic E-state index is 0.0417. The highest BCUT2D eigenvalue weighted by atomic mass is 35.5. The van der Waals surface area contributed by atoms with E-state index in [0.717, 1.165) is 6.42 Å². The van der Waals surface area contributed by atoms with Gasteiger partial charge in [0.05, 0.1) is 5.69 Å². The highest BCUT2D eigenvalue weighted by Crippen LogP contribution is 2.31. The fourth-order valence-electron chi connectivity index (χ4n) is 1.51. The van der Waals surface area contributed by atoms with Crippen molar-refractivity contribution in [3.8, 4) is 0 Å². The Labute approximate surface area is 99.8 Å². The Balaban J connectivity index is 2.28. The van der Waals surface area contributed by atoms with Crippen LogP contribution >= 0.6 is 11.6 Å². The van der Waals surface area contributed by atoms with E-state index in [9.17, 15) is 8.42 Å². The summed E-state index contributed by atoms with van der Waals surface area (Å²) in [7, 11) is -3.51. The standard InChI is InChI=1S/C10H13ClN2O2S/c1-6-4-9(6)13-16(14,15)10-3-2-7(11)5-8(10)12/h2-3,5-6,9,13H,4,12H2,1H3. The van der Waals surface area contributed by atoms with E-state index in [4.69, 9.17) is 17.3 Å². The van der Waals surface area contributed by atoms with E-state index in [1.165, 1.54) is 18.2 Å². The van der Waals surface area contributed by atoms with Crippen LogP contribution in [0.3, 0.4) is 0 Å². The summed E-state index contributed by atoms with van der Waals surface area (Å²) in [6.45, 7) is 2.00. The number of anilines is 1. The largest absolute Gasteiger partial charge is 0.398 e. The molecule has 0 heterocycles. The first-order valence-corrected chi connectivity index (χ1v) is 6.83. The Morgan fingerprint density at radius 1 is 1.50 bits per heavy atom. The van der Waals surface area contributed by atoms with Crippen molar-refractivity contribution in [3.05, 3.63) is 23.2 Å². The first-order chi connectivity index (χ1) is 7.40. The molecular formula is C10H13ClN2O2S. The van der Waals surface area contributed by atoms with E-state index < -0.39 is 10.0 Å². The molecule has 2 rings (SSSR count). The zero-order valence-electron chi connectivity index (χ0n) is 8.77. The van der Waals surface area contributed by atoms with Crippen molar-refractivity contribution in [2.24, 2.45) is 5.92 Å². The predicted octanol–water partition coefficient (Wildman–Crippen LogP) is 1.61. The third kappa shape index (κ3) is 2.31. The van der Waals surface area contributed by atoms with Crippen LogP contribution in [0.5, 0.6) is 0 Å². The number of halogens is 1. The highest BCUT2D eigenvalue weighted by molar-refractivity contribution is 7.89. The van der Waals surface area contributed by atoms with Gasteiger partial charge in [-0.3, -0.25) is 0 Å². The highest BCUT2D eigenvalue weighted by Gasteiger charge is 2.36. The molecule has 4 nitrogen and oxygen atoms in total. The fourth-order valence-corrected chi connectivity index (χ4v) is 3.16. The molecule has 0 spiro atoms. The van der Waals surface area contributed by atoms with Crippen molar-refractivity contribution in [3.63, 3.8) is 0 Å². The Morgan fingerprint density at radius 3 is 2.62 bits per heavy atom. The number of nitrogen functional groups attached to an aromatic ring is 1. The molecule has 2 unspecified atom stereocenters. The van der Waals surface area contributed by atoms with Gasteiger partial charge < -0.3 is 5.73 Å². The van der Waals surface area contributed by atoms with E-state index in [1.807, 2.05) is 6.92 Å². The molecule has 0 bridgehead atoms. The summed E-state index contributed by atoms with van der Waals surface area (Å²) in [6.07, 6.45) is 0.882. The molecule has 1 aliphatic carbocycles. The molecule has 1 aromatic rings. The summed E-state index contributed by atoms with van der Waals surface area (Å²) in [4.78, 5) is 0.0935. The molecule has 2 atom stereocenters. The van der Waals surface area contributed by atoms with Crippen LogP contribution < -0.4 is 10.5 Å². The van der Waals surface area contributed by atoms with Gasteiger partial charge in [-0.2, -0.15) is 0 Å². The fraction of sp³-hybridized carbons (Fsp3) is 0.400. The molecule has 88 valence electrons. The Morgan fingerprint density at radius 2 is 2.12 bits per heavy atom. The van der Waals surface area contributed by atoms with Crippen LogP contribution in [0.2, 0.25) is 5.02 Å². The molecule has 0 aliphatic heterocycles. The Kier molecular flexibility index (Phi) is 2.86. The Hall–Kier alpha value is -0.780. The molecule has 1 saturated carbocycles. The molecule has 1 aromatic carbocycles. The topological polar surface area (TPSA) is 72.2 Å². The van der Waals surface area contributed by atoms with E-state index in [-0.39, 0.29) is 16.6 Å². The zero-order valence-corrected chi connectivity index (χ0v) is 10.3. The second kappa shape index (κ2) is 3.91. The Bertz CT molecular complexity index is 516.